The molecule has 1 aromatic carbocycles. The van der Waals surface area contributed by atoms with Gasteiger partial charge in [0.2, 0.25) is 5.91 Å². The Morgan fingerprint density at radius 1 is 1.29 bits per heavy atom. The Bertz CT molecular complexity index is 542. The first kappa shape index (κ1) is 15.5. The van der Waals surface area contributed by atoms with E-state index in [1.165, 1.54) is 6.07 Å². The molecule has 4 heteroatoms. The average molecular weight is 288 g/mol. The second-order valence-electron chi connectivity index (χ2n) is 5.82. The molecule has 0 bridgehead atoms. The predicted octanol–water partition coefficient (Wildman–Crippen LogP) is 3.87. The van der Waals surface area contributed by atoms with Gasteiger partial charge in [-0.2, -0.15) is 5.26 Å². The molecule has 3 nitrogen and oxygen atoms in total. The van der Waals surface area contributed by atoms with Gasteiger partial charge in [-0.05, 0) is 25.8 Å². The van der Waals surface area contributed by atoms with Crippen molar-refractivity contribution in [2.24, 2.45) is 5.41 Å². The summed E-state index contributed by atoms with van der Waals surface area (Å²) in [5, 5.41) is 12.3. The zero-order valence-electron chi connectivity index (χ0n) is 12.4. The molecule has 0 heterocycles. The highest BCUT2D eigenvalue weighted by molar-refractivity contribution is 5.85. The van der Waals surface area contributed by atoms with E-state index in [1.807, 2.05) is 0 Å². The molecule has 1 atom stereocenters. The Morgan fingerprint density at radius 3 is 2.48 bits per heavy atom. The van der Waals surface area contributed by atoms with E-state index >= 15 is 0 Å². The van der Waals surface area contributed by atoms with Crippen LogP contribution in [0.5, 0.6) is 0 Å². The number of nitrogens with zero attached hydrogens (tertiary/aromatic N) is 1. The van der Waals surface area contributed by atoms with Gasteiger partial charge < -0.3 is 5.32 Å². The van der Waals surface area contributed by atoms with Crippen molar-refractivity contribution in [3.05, 3.63) is 35.6 Å². The van der Waals surface area contributed by atoms with Crippen LogP contribution in [0.25, 0.3) is 0 Å². The number of carbonyl (C=O) groups is 1. The summed E-state index contributed by atoms with van der Waals surface area (Å²) >= 11 is 0. The lowest BCUT2D eigenvalue weighted by molar-refractivity contribution is -0.129. The van der Waals surface area contributed by atoms with Crippen LogP contribution in [0.4, 0.5) is 4.39 Å². The highest BCUT2D eigenvalue weighted by Gasteiger charge is 2.39. The summed E-state index contributed by atoms with van der Waals surface area (Å²) in [6.45, 7) is 1.75. The third kappa shape index (κ3) is 3.41. The van der Waals surface area contributed by atoms with Gasteiger partial charge >= 0.3 is 0 Å². The number of halogens is 1. The average Bonchev–Trinajstić information content (AvgIpc) is 2.74. The number of hydrogen-bond donors (Lipinski definition) is 1. The number of hydrogen-bond acceptors (Lipinski definition) is 2. The fraction of sp³-hybridized carbons (Fsp3) is 0.529. The predicted molar refractivity (Wildman–Crippen MR) is 78.7 cm³/mol. The van der Waals surface area contributed by atoms with E-state index in [0.29, 0.717) is 18.4 Å². The summed E-state index contributed by atoms with van der Waals surface area (Å²) in [5.74, 6) is -0.597. The van der Waals surface area contributed by atoms with Crippen LogP contribution in [0.15, 0.2) is 24.3 Å². The topological polar surface area (TPSA) is 52.9 Å². The minimum Gasteiger partial charge on any atom is -0.348 e. The van der Waals surface area contributed by atoms with Gasteiger partial charge in [-0.25, -0.2) is 4.39 Å². The molecular formula is C17H21FN2O. The molecule has 0 aromatic heterocycles. The molecule has 0 radical (unpaired) electrons. The van der Waals surface area contributed by atoms with Crippen molar-refractivity contribution in [2.75, 3.05) is 0 Å². The lowest BCUT2D eigenvalue weighted by atomic mass is 9.80. The summed E-state index contributed by atoms with van der Waals surface area (Å²) in [4.78, 5) is 12.5. The zero-order valence-corrected chi connectivity index (χ0v) is 12.4. The van der Waals surface area contributed by atoms with Crippen LogP contribution < -0.4 is 5.32 Å². The Morgan fingerprint density at radius 2 is 1.90 bits per heavy atom. The van der Waals surface area contributed by atoms with Crippen molar-refractivity contribution in [2.45, 2.75) is 51.5 Å². The van der Waals surface area contributed by atoms with E-state index in [4.69, 9.17) is 0 Å². The normalized spacial score (nSPS) is 19.1. The van der Waals surface area contributed by atoms with Crippen molar-refractivity contribution in [1.29, 1.82) is 5.26 Å². The van der Waals surface area contributed by atoms with Gasteiger partial charge in [0.1, 0.15) is 11.2 Å². The maximum absolute atomic E-state index is 13.8. The van der Waals surface area contributed by atoms with Gasteiger partial charge in [0.15, 0.2) is 0 Å². The number of nitrogens with one attached hydrogen (secondary N) is 1. The van der Waals surface area contributed by atoms with E-state index in [0.717, 1.165) is 25.7 Å². The molecule has 2 rings (SSSR count). The number of benzene rings is 1. The summed E-state index contributed by atoms with van der Waals surface area (Å²) in [6, 6.07) is 8.19. The first-order chi connectivity index (χ1) is 10.1. The Balaban J connectivity index is 2.12. The number of nitriles is 1. The molecule has 0 spiro atoms. The first-order valence-corrected chi connectivity index (χ1v) is 7.56. The Labute approximate surface area is 125 Å². The van der Waals surface area contributed by atoms with Gasteiger partial charge in [0.05, 0.1) is 12.1 Å². The fourth-order valence-corrected chi connectivity index (χ4v) is 2.96. The Hall–Kier alpha value is -1.89. The van der Waals surface area contributed by atoms with Crippen LogP contribution in [-0.4, -0.2) is 5.91 Å². The third-order valence-electron chi connectivity index (χ3n) is 4.33. The number of amides is 1. The van der Waals surface area contributed by atoms with Gasteiger partial charge in [-0.15, -0.1) is 0 Å². The van der Waals surface area contributed by atoms with E-state index in [1.54, 1.807) is 25.1 Å². The number of carbonyl (C=O) groups excluding carboxylic acids is 1. The highest BCUT2D eigenvalue weighted by atomic mass is 19.1. The lowest BCUT2D eigenvalue weighted by Crippen LogP contribution is -2.41. The lowest BCUT2D eigenvalue weighted by Gasteiger charge is -2.26. The maximum Gasteiger partial charge on any atom is 0.240 e. The maximum atomic E-state index is 13.8. The van der Waals surface area contributed by atoms with Gasteiger partial charge in [-0.1, -0.05) is 43.9 Å². The van der Waals surface area contributed by atoms with Crippen LogP contribution in [0.2, 0.25) is 0 Å². The molecule has 1 amide bonds. The van der Waals surface area contributed by atoms with Gasteiger partial charge in [-0.3, -0.25) is 4.79 Å². The van der Waals surface area contributed by atoms with Crippen molar-refractivity contribution in [1.82, 2.24) is 5.32 Å². The summed E-state index contributed by atoms with van der Waals surface area (Å²) < 4.78 is 13.8. The molecule has 1 saturated carbocycles. The molecule has 0 saturated heterocycles. The van der Waals surface area contributed by atoms with E-state index in [9.17, 15) is 14.4 Å². The van der Waals surface area contributed by atoms with Crippen LogP contribution in [0, 0.1) is 22.6 Å². The van der Waals surface area contributed by atoms with Crippen molar-refractivity contribution in [3.63, 3.8) is 0 Å². The van der Waals surface area contributed by atoms with Crippen LogP contribution in [-0.2, 0) is 4.79 Å². The standard InChI is InChI=1S/C17H21FN2O/c1-13(14-8-4-5-9-15(14)18)20-16(21)17(12-19)10-6-2-3-7-11-17/h4-5,8-9,13H,2-3,6-7,10-11H2,1H3,(H,20,21). The van der Waals surface area contributed by atoms with Crippen molar-refractivity contribution >= 4 is 5.91 Å². The molecule has 1 N–H and O–H groups in total. The van der Waals surface area contributed by atoms with Crippen molar-refractivity contribution < 1.29 is 9.18 Å². The first-order valence-electron chi connectivity index (χ1n) is 7.56. The third-order valence-corrected chi connectivity index (χ3v) is 4.33. The van der Waals surface area contributed by atoms with Gasteiger partial charge in [0.25, 0.3) is 0 Å². The highest BCUT2D eigenvalue weighted by Crippen LogP contribution is 2.35. The molecule has 1 aromatic rings. The van der Waals surface area contributed by atoms with E-state index in [2.05, 4.69) is 11.4 Å². The molecule has 21 heavy (non-hydrogen) atoms. The molecular weight excluding hydrogens is 267 g/mol. The van der Waals surface area contributed by atoms with Gasteiger partial charge in [0, 0.05) is 5.56 Å². The largest absolute Gasteiger partial charge is 0.348 e. The number of rotatable bonds is 3. The van der Waals surface area contributed by atoms with E-state index < -0.39 is 11.5 Å². The van der Waals surface area contributed by atoms with Crippen molar-refractivity contribution in [3.8, 4) is 6.07 Å². The molecule has 0 aliphatic heterocycles. The van der Waals surface area contributed by atoms with Crippen LogP contribution in [0.3, 0.4) is 0 Å². The molecule has 1 aliphatic carbocycles. The minimum atomic E-state index is -0.948. The monoisotopic (exact) mass is 288 g/mol. The molecule has 1 unspecified atom stereocenters. The minimum absolute atomic E-state index is 0.261. The summed E-state index contributed by atoms with van der Waals surface area (Å²) in [6.07, 6.45) is 5.13. The Kier molecular flexibility index (Phi) is 4.95. The van der Waals surface area contributed by atoms with E-state index in [-0.39, 0.29) is 11.7 Å². The quantitative estimate of drug-likeness (QED) is 0.858. The summed E-state index contributed by atoms with van der Waals surface area (Å²) in [5.41, 5.74) is -0.497. The van der Waals surface area contributed by atoms with Crippen LogP contribution in [0.1, 0.15) is 57.1 Å². The molecule has 112 valence electrons. The van der Waals surface area contributed by atoms with Crippen LogP contribution >= 0.6 is 0 Å². The SMILES string of the molecule is CC(NC(=O)C1(C#N)CCCCCC1)c1ccccc1F. The zero-order chi connectivity index (χ0) is 15.3. The molecule has 1 fully saturated rings. The molecule has 1 aliphatic rings. The second kappa shape index (κ2) is 6.71. The summed E-state index contributed by atoms with van der Waals surface area (Å²) in [7, 11) is 0. The smallest absolute Gasteiger partial charge is 0.240 e. The fourth-order valence-electron chi connectivity index (χ4n) is 2.96. The second-order valence-corrected chi connectivity index (χ2v) is 5.82.